The molecule has 5 nitrogen and oxygen atoms in total. The molecule has 5 heteroatoms. The molecule has 0 amide bonds. The van der Waals surface area contributed by atoms with Crippen molar-refractivity contribution in [3.05, 3.63) is 41.5 Å². The van der Waals surface area contributed by atoms with Crippen molar-refractivity contribution in [2.75, 3.05) is 6.54 Å². The van der Waals surface area contributed by atoms with Crippen LogP contribution in [0.15, 0.2) is 18.7 Å². The molecule has 3 heterocycles. The summed E-state index contributed by atoms with van der Waals surface area (Å²) in [5.74, 6) is 1.70. The Labute approximate surface area is 137 Å². The molecule has 0 atom stereocenters. The van der Waals surface area contributed by atoms with Crippen LogP contribution in [0.5, 0.6) is 0 Å². The Balaban J connectivity index is 1.45. The summed E-state index contributed by atoms with van der Waals surface area (Å²) in [6, 6.07) is 0. The van der Waals surface area contributed by atoms with Crippen molar-refractivity contribution < 1.29 is 0 Å². The van der Waals surface area contributed by atoms with Gasteiger partial charge in [-0.2, -0.15) is 0 Å². The molecule has 0 N–H and O–H groups in total. The van der Waals surface area contributed by atoms with E-state index >= 15 is 0 Å². The SMILES string of the molecule is Cn1cnc(CN2CCc3nc(C4CCCCC4)ncc3C2)c1. The third kappa shape index (κ3) is 3.29. The van der Waals surface area contributed by atoms with Gasteiger partial charge in [0.05, 0.1) is 12.0 Å². The van der Waals surface area contributed by atoms with Gasteiger partial charge in [0.25, 0.3) is 0 Å². The van der Waals surface area contributed by atoms with Crippen LogP contribution in [0.25, 0.3) is 0 Å². The first-order valence-electron chi connectivity index (χ1n) is 8.82. The van der Waals surface area contributed by atoms with E-state index in [9.17, 15) is 0 Å². The van der Waals surface area contributed by atoms with E-state index in [1.807, 2.05) is 17.9 Å². The van der Waals surface area contributed by atoms with Crippen molar-refractivity contribution in [2.45, 2.75) is 57.5 Å². The van der Waals surface area contributed by atoms with Crippen molar-refractivity contribution >= 4 is 0 Å². The lowest BCUT2D eigenvalue weighted by Crippen LogP contribution is -2.31. The van der Waals surface area contributed by atoms with E-state index in [0.29, 0.717) is 5.92 Å². The summed E-state index contributed by atoms with van der Waals surface area (Å²) in [4.78, 5) is 16.5. The fraction of sp³-hybridized carbons (Fsp3) is 0.611. The predicted molar refractivity (Wildman–Crippen MR) is 88.9 cm³/mol. The molecule has 2 aromatic rings. The van der Waals surface area contributed by atoms with Crippen molar-refractivity contribution in [2.24, 2.45) is 7.05 Å². The normalized spacial score (nSPS) is 19.7. The first kappa shape index (κ1) is 14.8. The Morgan fingerprint density at radius 3 is 2.83 bits per heavy atom. The standard InChI is InChI=1S/C18H25N5/c1-22-11-16(20-13-22)12-23-8-7-17-15(10-23)9-19-18(21-17)14-5-3-2-4-6-14/h9,11,13-14H,2-8,10,12H2,1H3. The molecular weight excluding hydrogens is 286 g/mol. The molecule has 1 aliphatic carbocycles. The molecule has 0 aromatic carbocycles. The summed E-state index contributed by atoms with van der Waals surface area (Å²) in [5, 5.41) is 0. The molecular formula is C18H25N5. The molecule has 2 aliphatic rings. The first-order chi connectivity index (χ1) is 11.3. The van der Waals surface area contributed by atoms with Crippen LogP contribution in [0.3, 0.4) is 0 Å². The fourth-order valence-corrected chi connectivity index (χ4v) is 3.86. The molecule has 0 bridgehead atoms. The van der Waals surface area contributed by atoms with Crippen LogP contribution in [0.2, 0.25) is 0 Å². The average molecular weight is 311 g/mol. The minimum atomic E-state index is 0.598. The van der Waals surface area contributed by atoms with Crippen LogP contribution >= 0.6 is 0 Å². The zero-order valence-electron chi connectivity index (χ0n) is 13.9. The molecule has 0 saturated heterocycles. The molecule has 1 fully saturated rings. The lowest BCUT2D eigenvalue weighted by Gasteiger charge is -2.28. The fourth-order valence-electron chi connectivity index (χ4n) is 3.86. The molecule has 1 saturated carbocycles. The lowest BCUT2D eigenvalue weighted by molar-refractivity contribution is 0.239. The van der Waals surface area contributed by atoms with Gasteiger partial charge in [-0.1, -0.05) is 19.3 Å². The van der Waals surface area contributed by atoms with Gasteiger partial charge in [0.2, 0.25) is 0 Å². The van der Waals surface area contributed by atoms with Crippen LogP contribution in [-0.2, 0) is 26.6 Å². The molecule has 122 valence electrons. The first-order valence-corrected chi connectivity index (χ1v) is 8.82. The average Bonchev–Trinajstić information content (AvgIpc) is 3.00. The number of rotatable bonds is 3. The van der Waals surface area contributed by atoms with Gasteiger partial charge in [0, 0.05) is 62.7 Å². The van der Waals surface area contributed by atoms with Crippen LogP contribution in [0.1, 0.15) is 60.8 Å². The largest absolute Gasteiger partial charge is 0.340 e. The maximum atomic E-state index is 4.93. The number of imidazole rings is 1. The summed E-state index contributed by atoms with van der Waals surface area (Å²) in [6.45, 7) is 2.91. The predicted octanol–water partition coefficient (Wildman–Crippen LogP) is 2.82. The maximum absolute atomic E-state index is 4.93. The van der Waals surface area contributed by atoms with E-state index in [2.05, 4.69) is 22.3 Å². The topological polar surface area (TPSA) is 46.8 Å². The Hall–Kier alpha value is -1.75. The van der Waals surface area contributed by atoms with Crippen LogP contribution in [-0.4, -0.2) is 31.0 Å². The molecule has 23 heavy (non-hydrogen) atoms. The second kappa shape index (κ2) is 6.40. The highest BCUT2D eigenvalue weighted by molar-refractivity contribution is 5.22. The van der Waals surface area contributed by atoms with E-state index in [-0.39, 0.29) is 0 Å². The number of hydrogen-bond acceptors (Lipinski definition) is 4. The van der Waals surface area contributed by atoms with Crippen molar-refractivity contribution in [1.29, 1.82) is 0 Å². The highest BCUT2D eigenvalue weighted by Crippen LogP contribution is 2.31. The number of aromatic nitrogens is 4. The molecule has 4 rings (SSSR count). The van der Waals surface area contributed by atoms with E-state index in [1.54, 1.807) is 0 Å². The summed E-state index contributed by atoms with van der Waals surface area (Å²) in [5.41, 5.74) is 3.71. The Morgan fingerprint density at radius 2 is 2.04 bits per heavy atom. The molecule has 1 aliphatic heterocycles. The number of fused-ring (bicyclic) bond motifs is 1. The van der Waals surface area contributed by atoms with Gasteiger partial charge in [-0.05, 0) is 12.8 Å². The zero-order chi connectivity index (χ0) is 15.6. The summed E-state index contributed by atoms with van der Waals surface area (Å²) >= 11 is 0. The summed E-state index contributed by atoms with van der Waals surface area (Å²) in [6.07, 6.45) is 13.7. The smallest absolute Gasteiger partial charge is 0.131 e. The third-order valence-electron chi connectivity index (χ3n) is 5.15. The molecule has 0 radical (unpaired) electrons. The van der Waals surface area contributed by atoms with E-state index in [0.717, 1.165) is 37.6 Å². The van der Waals surface area contributed by atoms with E-state index in [4.69, 9.17) is 9.97 Å². The van der Waals surface area contributed by atoms with Gasteiger partial charge in [-0.25, -0.2) is 15.0 Å². The highest BCUT2D eigenvalue weighted by Gasteiger charge is 2.22. The van der Waals surface area contributed by atoms with Crippen molar-refractivity contribution in [3.63, 3.8) is 0 Å². The van der Waals surface area contributed by atoms with Gasteiger partial charge in [0.1, 0.15) is 5.82 Å². The van der Waals surface area contributed by atoms with Gasteiger partial charge >= 0.3 is 0 Å². The van der Waals surface area contributed by atoms with Crippen molar-refractivity contribution in [1.82, 2.24) is 24.4 Å². The van der Waals surface area contributed by atoms with E-state index < -0.39 is 0 Å². The monoisotopic (exact) mass is 311 g/mol. The quantitative estimate of drug-likeness (QED) is 0.874. The summed E-state index contributed by atoms with van der Waals surface area (Å²) in [7, 11) is 2.02. The minimum absolute atomic E-state index is 0.598. The zero-order valence-corrected chi connectivity index (χ0v) is 13.9. The number of nitrogens with zero attached hydrogens (tertiary/aromatic N) is 5. The molecule has 0 spiro atoms. The van der Waals surface area contributed by atoms with Crippen molar-refractivity contribution in [3.8, 4) is 0 Å². The Bertz CT molecular complexity index is 672. The lowest BCUT2D eigenvalue weighted by atomic mass is 9.88. The summed E-state index contributed by atoms with van der Waals surface area (Å²) < 4.78 is 2.01. The third-order valence-corrected chi connectivity index (χ3v) is 5.15. The van der Waals surface area contributed by atoms with Gasteiger partial charge < -0.3 is 4.57 Å². The van der Waals surface area contributed by atoms with Crippen LogP contribution in [0.4, 0.5) is 0 Å². The number of hydrogen-bond donors (Lipinski definition) is 0. The Morgan fingerprint density at radius 1 is 1.17 bits per heavy atom. The number of aryl methyl sites for hydroxylation is 1. The molecule has 0 unspecified atom stereocenters. The van der Waals surface area contributed by atoms with Gasteiger partial charge in [-0.3, -0.25) is 4.90 Å². The Kier molecular flexibility index (Phi) is 4.12. The van der Waals surface area contributed by atoms with Crippen LogP contribution < -0.4 is 0 Å². The minimum Gasteiger partial charge on any atom is -0.340 e. The van der Waals surface area contributed by atoms with Gasteiger partial charge in [-0.15, -0.1) is 0 Å². The maximum Gasteiger partial charge on any atom is 0.131 e. The second-order valence-electron chi connectivity index (χ2n) is 7.03. The van der Waals surface area contributed by atoms with Gasteiger partial charge in [0.15, 0.2) is 0 Å². The highest BCUT2D eigenvalue weighted by atomic mass is 15.2. The van der Waals surface area contributed by atoms with Crippen LogP contribution in [0, 0.1) is 0 Å². The van der Waals surface area contributed by atoms with E-state index in [1.165, 1.54) is 43.4 Å². The second-order valence-corrected chi connectivity index (χ2v) is 7.03. The molecule has 2 aromatic heterocycles.